The van der Waals surface area contributed by atoms with Crippen LogP contribution in [0.4, 0.5) is 4.39 Å². The monoisotopic (exact) mass is 585 g/mol. The Bertz CT molecular complexity index is 1440. The molecule has 174 valence electrons. The van der Waals surface area contributed by atoms with Crippen LogP contribution in [0.2, 0.25) is 0 Å². The number of rotatable bonds is 7. The molecule has 1 aromatic heterocycles. The Morgan fingerprint density at radius 3 is 2.71 bits per heavy atom. The molecule has 0 aliphatic carbocycles. The van der Waals surface area contributed by atoms with Crippen LogP contribution in [-0.4, -0.2) is 15.9 Å². The van der Waals surface area contributed by atoms with Crippen molar-refractivity contribution in [2.24, 2.45) is 5.10 Å². The molecular weight excluding hydrogens is 565 g/mol. The van der Waals surface area contributed by atoms with E-state index in [-0.39, 0.29) is 23.9 Å². The van der Waals surface area contributed by atoms with Crippen molar-refractivity contribution in [1.29, 1.82) is 0 Å². The average molecular weight is 587 g/mol. The second kappa shape index (κ2) is 10.6. The maximum absolute atomic E-state index is 13.4. The van der Waals surface area contributed by atoms with Gasteiger partial charge in [0.25, 0.3) is 5.56 Å². The second-order valence-electron chi connectivity index (χ2n) is 7.91. The van der Waals surface area contributed by atoms with Gasteiger partial charge < -0.3 is 4.74 Å². The minimum atomic E-state index is -0.297. The number of benzene rings is 3. The van der Waals surface area contributed by atoms with Gasteiger partial charge in [0.05, 0.1) is 21.6 Å². The molecule has 0 bridgehead atoms. The summed E-state index contributed by atoms with van der Waals surface area (Å²) < 4.78 is 22.1. The van der Waals surface area contributed by atoms with Gasteiger partial charge in [-0.2, -0.15) is 9.78 Å². The fraction of sp³-hybridized carbons (Fsp3) is 0.192. The summed E-state index contributed by atoms with van der Waals surface area (Å²) in [4.78, 5) is 18.0. The highest BCUT2D eigenvalue weighted by Gasteiger charge is 2.15. The van der Waals surface area contributed by atoms with Crippen molar-refractivity contribution in [1.82, 2.24) is 9.66 Å². The molecule has 0 N–H and O–H groups in total. The molecular formula is C26H22Br2FN3O2. The topological polar surface area (TPSA) is 56.5 Å². The van der Waals surface area contributed by atoms with E-state index in [0.29, 0.717) is 22.5 Å². The number of fused-ring (bicyclic) bond motifs is 1. The largest absolute Gasteiger partial charge is 0.488 e. The predicted molar refractivity (Wildman–Crippen MR) is 140 cm³/mol. The van der Waals surface area contributed by atoms with Crippen LogP contribution in [0.3, 0.4) is 0 Å². The van der Waals surface area contributed by atoms with Crippen LogP contribution >= 0.6 is 31.9 Å². The maximum Gasteiger partial charge on any atom is 0.282 e. The summed E-state index contributed by atoms with van der Waals surface area (Å²) in [5.41, 5.74) is 1.95. The van der Waals surface area contributed by atoms with Crippen LogP contribution in [0.1, 0.15) is 43.1 Å². The molecule has 3 aromatic carbocycles. The zero-order valence-electron chi connectivity index (χ0n) is 18.6. The van der Waals surface area contributed by atoms with Gasteiger partial charge in [-0.05, 0) is 82.0 Å². The summed E-state index contributed by atoms with van der Waals surface area (Å²) >= 11 is 6.94. The third-order valence-electron chi connectivity index (χ3n) is 5.45. The molecule has 0 spiro atoms. The fourth-order valence-corrected chi connectivity index (χ4v) is 4.28. The molecule has 1 atom stereocenters. The van der Waals surface area contributed by atoms with Gasteiger partial charge in [-0.1, -0.05) is 41.9 Å². The van der Waals surface area contributed by atoms with E-state index in [2.05, 4.69) is 43.9 Å². The molecule has 0 saturated heterocycles. The SMILES string of the molecule is CC[C@H](C)c1nc2ccc(Br)cc2c(=O)n1N=Cc1ccc(OCc2cccc(F)c2)c(Br)c1. The van der Waals surface area contributed by atoms with Crippen molar-refractivity contribution < 1.29 is 9.13 Å². The summed E-state index contributed by atoms with van der Waals surface area (Å²) in [5, 5.41) is 5.00. The van der Waals surface area contributed by atoms with Crippen molar-refractivity contribution in [2.75, 3.05) is 0 Å². The zero-order valence-corrected chi connectivity index (χ0v) is 21.8. The molecule has 5 nitrogen and oxygen atoms in total. The molecule has 0 radical (unpaired) electrons. The van der Waals surface area contributed by atoms with Gasteiger partial charge in [-0.15, -0.1) is 0 Å². The van der Waals surface area contributed by atoms with Gasteiger partial charge in [0.1, 0.15) is 24.0 Å². The summed E-state index contributed by atoms with van der Waals surface area (Å²) in [7, 11) is 0. The first kappa shape index (κ1) is 24.3. The first-order valence-corrected chi connectivity index (χ1v) is 12.4. The van der Waals surface area contributed by atoms with Crippen molar-refractivity contribution in [3.8, 4) is 5.75 Å². The molecule has 0 unspecified atom stereocenters. The molecule has 4 rings (SSSR count). The molecule has 0 aliphatic heterocycles. The Hall–Kier alpha value is -2.84. The van der Waals surface area contributed by atoms with Crippen molar-refractivity contribution in [3.05, 3.63) is 103 Å². The summed E-state index contributed by atoms with van der Waals surface area (Å²) in [5.74, 6) is 1.00. The molecule has 34 heavy (non-hydrogen) atoms. The van der Waals surface area contributed by atoms with E-state index in [9.17, 15) is 9.18 Å². The van der Waals surface area contributed by atoms with Gasteiger partial charge in [-0.25, -0.2) is 9.37 Å². The second-order valence-corrected chi connectivity index (χ2v) is 9.68. The predicted octanol–water partition coefficient (Wildman–Crippen LogP) is 7.04. The highest BCUT2D eigenvalue weighted by molar-refractivity contribution is 9.10. The molecule has 1 heterocycles. The third kappa shape index (κ3) is 5.45. The van der Waals surface area contributed by atoms with Gasteiger partial charge >= 0.3 is 0 Å². The van der Waals surface area contributed by atoms with Gasteiger partial charge in [0.2, 0.25) is 0 Å². The van der Waals surface area contributed by atoms with Gasteiger partial charge in [-0.3, -0.25) is 4.79 Å². The van der Waals surface area contributed by atoms with Crippen molar-refractivity contribution in [2.45, 2.75) is 32.8 Å². The first-order chi connectivity index (χ1) is 16.4. The van der Waals surface area contributed by atoms with E-state index >= 15 is 0 Å². The average Bonchev–Trinajstić information content (AvgIpc) is 2.82. The summed E-state index contributed by atoms with van der Waals surface area (Å²) in [6, 6.07) is 17.3. The van der Waals surface area contributed by atoms with E-state index in [1.165, 1.54) is 16.8 Å². The lowest BCUT2D eigenvalue weighted by Crippen LogP contribution is -2.23. The Kier molecular flexibility index (Phi) is 7.58. The van der Waals surface area contributed by atoms with E-state index in [4.69, 9.17) is 9.72 Å². The van der Waals surface area contributed by atoms with Crippen LogP contribution in [0.15, 0.2) is 79.5 Å². The molecule has 0 aliphatic rings. The first-order valence-electron chi connectivity index (χ1n) is 10.8. The Labute approximate surface area is 213 Å². The standard InChI is InChI=1S/C26H22Br2FN3O2/c1-3-16(2)25-31-23-9-8-19(27)13-21(23)26(33)32(25)30-14-17-7-10-24(22(28)12-17)34-15-18-5-4-6-20(29)11-18/h4-14,16H,3,15H2,1-2H3/t16-/m0/s1. The lowest BCUT2D eigenvalue weighted by atomic mass is 10.1. The Balaban J connectivity index is 1.62. The smallest absolute Gasteiger partial charge is 0.282 e. The van der Waals surface area contributed by atoms with Crippen LogP contribution < -0.4 is 10.3 Å². The van der Waals surface area contributed by atoms with Crippen LogP contribution in [0.5, 0.6) is 5.75 Å². The molecule has 0 amide bonds. The van der Waals surface area contributed by atoms with E-state index in [1.807, 2.05) is 31.2 Å². The number of ether oxygens (including phenoxy) is 1. The van der Waals surface area contributed by atoms with Gasteiger partial charge in [0.15, 0.2) is 0 Å². The number of nitrogens with zero attached hydrogens (tertiary/aromatic N) is 3. The van der Waals surface area contributed by atoms with Gasteiger partial charge in [0, 0.05) is 10.4 Å². The Morgan fingerprint density at radius 1 is 1.15 bits per heavy atom. The number of hydrogen-bond donors (Lipinski definition) is 0. The molecule has 8 heteroatoms. The molecule has 0 fully saturated rings. The van der Waals surface area contributed by atoms with Crippen molar-refractivity contribution >= 4 is 49.0 Å². The minimum absolute atomic E-state index is 0.0585. The van der Waals surface area contributed by atoms with E-state index < -0.39 is 0 Å². The molecule has 0 saturated carbocycles. The van der Waals surface area contributed by atoms with Crippen LogP contribution in [0.25, 0.3) is 10.9 Å². The highest BCUT2D eigenvalue weighted by atomic mass is 79.9. The minimum Gasteiger partial charge on any atom is -0.488 e. The fourth-order valence-electron chi connectivity index (χ4n) is 3.41. The van der Waals surface area contributed by atoms with Crippen LogP contribution in [-0.2, 0) is 6.61 Å². The highest BCUT2D eigenvalue weighted by Crippen LogP contribution is 2.27. The third-order valence-corrected chi connectivity index (χ3v) is 6.56. The zero-order chi connectivity index (χ0) is 24.2. The number of hydrogen-bond acceptors (Lipinski definition) is 4. The summed E-state index contributed by atoms with van der Waals surface area (Å²) in [6.07, 6.45) is 2.45. The lowest BCUT2D eigenvalue weighted by molar-refractivity contribution is 0.303. The lowest BCUT2D eigenvalue weighted by Gasteiger charge is -2.14. The van der Waals surface area contributed by atoms with E-state index in [0.717, 1.165) is 26.5 Å². The van der Waals surface area contributed by atoms with E-state index in [1.54, 1.807) is 30.5 Å². The maximum atomic E-state index is 13.4. The van der Waals surface area contributed by atoms with Crippen LogP contribution in [0, 0.1) is 5.82 Å². The molecule has 4 aromatic rings. The normalized spacial score (nSPS) is 12.4. The van der Waals surface area contributed by atoms with Crippen molar-refractivity contribution in [3.63, 3.8) is 0 Å². The quantitative estimate of drug-likeness (QED) is 0.218. The Morgan fingerprint density at radius 2 is 1.97 bits per heavy atom. The number of halogens is 3. The number of aromatic nitrogens is 2. The summed E-state index contributed by atoms with van der Waals surface area (Å²) in [6.45, 7) is 4.33.